The normalized spacial score (nSPS) is 26.2. The number of alkyl halides is 2. The molecule has 138 valence electrons. The van der Waals surface area contributed by atoms with E-state index in [0.717, 1.165) is 17.0 Å². The summed E-state index contributed by atoms with van der Waals surface area (Å²) in [5.74, 6) is 1.50. The van der Waals surface area contributed by atoms with E-state index in [1.807, 2.05) is 6.92 Å². The van der Waals surface area contributed by atoms with Crippen LogP contribution in [0.1, 0.15) is 50.4 Å². The van der Waals surface area contributed by atoms with Gasteiger partial charge in [0.1, 0.15) is 12.2 Å². The molecule has 25 heavy (non-hydrogen) atoms. The molecule has 0 spiro atoms. The highest BCUT2D eigenvalue weighted by Gasteiger charge is 2.42. The van der Waals surface area contributed by atoms with Crippen LogP contribution in [0.2, 0.25) is 0 Å². The monoisotopic (exact) mass is 356 g/mol. The third-order valence-corrected chi connectivity index (χ3v) is 5.71. The zero-order chi connectivity index (χ0) is 18.3. The van der Waals surface area contributed by atoms with E-state index in [1.54, 1.807) is 0 Å². The van der Waals surface area contributed by atoms with Crippen molar-refractivity contribution >= 4 is 11.6 Å². The molecule has 3 rings (SSSR count). The molecule has 2 bridgehead atoms. The van der Waals surface area contributed by atoms with Gasteiger partial charge in [0.05, 0.1) is 4.92 Å². The van der Waals surface area contributed by atoms with Gasteiger partial charge < -0.3 is 5.32 Å². The van der Waals surface area contributed by atoms with Crippen LogP contribution in [0.5, 0.6) is 0 Å². The number of nitrogens with zero attached hydrogens (tertiary/aromatic N) is 3. The summed E-state index contributed by atoms with van der Waals surface area (Å²) in [5, 5.41) is 17.5. The van der Waals surface area contributed by atoms with Gasteiger partial charge in [-0.2, -0.15) is 5.10 Å². The Labute approximate surface area is 143 Å². The van der Waals surface area contributed by atoms with Crippen LogP contribution >= 0.6 is 0 Å². The minimum absolute atomic E-state index is 0.00298. The van der Waals surface area contributed by atoms with E-state index in [4.69, 9.17) is 0 Å². The Kier molecular flexibility index (Phi) is 4.75. The summed E-state index contributed by atoms with van der Waals surface area (Å²) >= 11 is 0. The molecular formula is C16H22F2N4O3. The van der Waals surface area contributed by atoms with Crippen LogP contribution in [0.15, 0.2) is 0 Å². The Morgan fingerprint density at radius 2 is 2.16 bits per heavy atom. The molecule has 2 aliphatic carbocycles. The van der Waals surface area contributed by atoms with E-state index in [2.05, 4.69) is 10.4 Å². The summed E-state index contributed by atoms with van der Waals surface area (Å²) in [6.45, 7) is 2.99. The van der Waals surface area contributed by atoms with Crippen molar-refractivity contribution in [3.05, 3.63) is 21.5 Å². The number of aromatic nitrogens is 2. The number of carbonyl (C=O) groups is 1. The SMILES string of the molecule is Cc1c([N+](=O)[O-])c(C(F)F)nn1CC(=O)NC(C)C1CC2CCC1C2. The van der Waals surface area contributed by atoms with Crippen LogP contribution in [0.4, 0.5) is 14.5 Å². The number of nitro groups is 1. The van der Waals surface area contributed by atoms with Crippen molar-refractivity contribution in [2.75, 3.05) is 0 Å². The van der Waals surface area contributed by atoms with Gasteiger partial charge in [-0.1, -0.05) is 6.42 Å². The highest BCUT2D eigenvalue weighted by Crippen LogP contribution is 2.49. The van der Waals surface area contributed by atoms with E-state index in [0.29, 0.717) is 11.8 Å². The third-order valence-electron chi connectivity index (χ3n) is 5.71. The molecule has 2 aliphatic rings. The molecule has 4 unspecified atom stereocenters. The molecule has 0 aromatic carbocycles. The maximum atomic E-state index is 12.9. The van der Waals surface area contributed by atoms with Gasteiger partial charge >= 0.3 is 5.69 Å². The summed E-state index contributed by atoms with van der Waals surface area (Å²) in [6.07, 6.45) is 1.77. The van der Waals surface area contributed by atoms with Crippen molar-refractivity contribution in [1.29, 1.82) is 0 Å². The third kappa shape index (κ3) is 3.36. The van der Waals surface area contributed by atoms with Crippen molar-refractivity contribution in [1.82, 2.24) is 15.1 Å². The number of rotatable bonds is 6. The Morgan fingerprint density at radius 1 is 1.44 bits per heavy atom. The highest BCUT2D eigenvalue weighted by atomic mass is 19.3. The Balaban J connectivity index is 1.67. The Morgan fingerprint density at radius 3 is 2.64 bits per heavy atom. The molecule has 4 atom stereocenters. The zero-order valence-electron chi connectivity index (χ0n) is 14.2. The second-order valence-electron chi connectivity index (χ2n) is 7.23. The van der Waals surface area contributed by atoms with Crippen LogP contribution < -0.4 is 5.32 Å². The maximum absolute atomic E-state index is 12.9. The average molecular weight is 356 g/mol. The van der Waals surface area contributed by atoms with Crippen LogP contribution in [0.25, 0.3) is 0 Å². The van der Waals surface area contributed by atoms with Crippen LogP contribution in [-0.2, 0) is 11.3 Å². The lowest BCUT2D eigenvalue weighted by atomic mass is 9.84. The fraction of sp³-hybridized carbons (Fsp3) is 0.750. The first-order valence-electron chi connectivity index (χ1n) is 8.57. The molecule has 2 saturated carbocycles. The van der Waals surface area contributed by atoms with Gasteiger partial charge in [0.2, 0.25) is 11.6 Å². The van der Waals surface area contributed by atoms with Crippen molar-refractivity contribution in [3.63, 3.8) is 0 Å². The van der Waals surface area contributed by atoms with Crippen molar-refractivity contribution < 1.29 is 18.5 Å². The molecule has 1 amide bonds. The lowest BCUT2D eigenvalue weighted by Gasteiger charge is -2.28. The fourth-order valence-corrected chi connectivity index (χ4v) is 4.54. The summed E-state index contributed by atoms with van der Waals surface area (Å²) < 4.78 is 26.9. The highest BCUT2D eigenvalue weighted by molar-refractivity contribution is 5.76. The van der Waals surface area contributed by atoms with E-state index in [-0.39, 0.29) is 24.2 Å². The standard InChI is InChI=1S/C16H22F2N4O3/c1-8(12-6-10-3-4-11(12)5-10)19-13(23)7-21-9(2)15(22(24)25)14(20-21)16(17)18/h8,10-12,16H,3-7H2,1-2H3,(H,19,23). The summed E-state index contributed by atoms with van der Waals surface area (Å²) in [7, 11) is 0. The molecule has 0 aliphatic heterocycles. The predicted octanol–water partition coefficient (Wildman–Crippen LogP) is 2.98. The number of hydrogen-bond acceptors (Lipinski definition) is 4. The van der Waals surface area contributed by atoms with Gasteiger partial charge in [-0.05, 0) is 50.9 Å². The topological polar surface area (TPSA) is 90.1 Å². The molecular weight excluding hydrogens is 334 g/mol. The van der Waals surface area contributed by atoms with Gasteiger partial charge in [-0.3, -0.25) is 19.6 Å². The largest absolute Gasteiger partial charge is 0.352 e. The lowest BCUT2D eigenvalue weighted by Crippen LogP contribution is -2.41. The van der Waals surface area contributed by atoms with Gasteiger partial charge in [0.25, 0.3) is 6.43 Å². The number of hydrogen-bond donors (Lipinski definition) is 1. The van der Waals surface area contributed by atoms with Crippen LogP contribution in [-0.4, -0.2) is 26.7 Å². The van der Waals surface area contributed by atoms with Crippen LogP contribution in [0, 0.1) is 34.8 Å². The minimum Gasteiger partial charge on any atom is -0.352 e. The molecule has 9 heteroatoms. The van der Waals surface area contributed by atoms with E-state index < -0.39 is 22.7 Å². The summed E-state index contributed by atoms with van der Waals surface area (Å²) in [5.41, 5.74) is -1.65. The number of nitrogens with one attached hydrogen (secondary N) is 1. The summed E-state index contributed by atoms with van der Waals surface area (Å²) in [6, 6.07) is 0.00298. The zero-order valence-corrected chi connectivity index (χ0v) is 14.2. The number of fused-ring (bicyclic) bond motifs is 2. The Bertz CT molecular complexity index is 691. The molecule has 0 radical (unpaired) electrons. The molecule has 2 fully saturated rings. The van der Waals surface area contributed by atoms with Gasteiger partial charge in [0.15, 0.2) is 0 Å². The molecule has 1 N–H and O–H groups in total. The van der Waals surface area contributed by atoms with E-state index in [1.165, 1.54) is 26.2 Å². The van der Waals surface area contributed by atoms with Crippen LogP contribution in [0.3, 0.4) is 0 Å². The minimum atomic E-state index is -3.06. The second kappa shape index (κ2) is 6.68. The Hall–Kier alpha value is -2.06. The van der Waals surface area contributed by atoms with Crippen molar-refractivity contribution in [2.45, 2.75) is 58.5 Å². The number of amides is 1. The van der Waals surface area contributed by atoms with E-state index in [9.17, 15) is 23.7 Å². The lowest BCUT2D eigenvalue weighted by molar-refractivity contribution is -0.386. The summed E-state index contributed by atoms with van der Waals surface area (Å²) in [4.78, 5) is 22.4. The molecule has 1 aromatic rings. The van der Waals surface area contributed by atoms with Crippen molar-refractivity contribution in [3.8, 4) is 0 Å². The number of carbonyl (C=O) groups excluding carboxylic acids is 1. The second-order valence-corrected chi connectivity index (χ2v) is 7.23. The smallest absolute Gasteiger partial charge is 0.319 e. The first kappa shape index (κ1) is 17.8. The van der Waals surface area contributed by atoms with Gasteiger partial charge in [-0.25, -0.2) is 8.78 Å². The molecule has 7 nitrogen and oxygen atoms in total. The van der Waals surface area contributed by atoms with E-state index >= 15 is 0 Å². The number of halogens is 2. The van der Waals surface area contributed by atoms with Gasteiger partial charge in [0, 0.05) is 6.04 Å². The fourth-order valence-electron chi connectivity index (χ4n) is 4.54. The average Bonchev–Trinajstić information content (AvgIpc) is 3.22. The molecule has 1 aromatic heterocycles. The maximum Gasteiger partial charge on any atom is 0.319 e. The molecule has 1 heterocycles. The first-order valence-corrected chi connectivity index (χ1v) is 8.57. The molecule has 0 saturated heterocycles. The van der Waals surface area contributed by atoms with Crippen molar-refractivity contribution in [2.24, 2.45) is 17.8 Å². The predicted molar refractivity (Wildman–Crippen MR) is 85.1 cm³/mol. The quantitative estimate of drug-likeness (QED) is 0.627. The first-order chi connectivity index (χ1) is 11.8. The van der Waals surface area contributed by atoms with Gasteiger partial charge in [-0.15, -0.1) is 0 Å².